The summed E-state index contributed by atoms with van der Waals surface area (Å²) in [6, 6.07) is 0. The molecule has 0 radical (unpaired) electrons. The predicted octanol–water partition coefficient (Wildman–Crippen LogP) is 4.36. The SMILES string of the molecule is CC1(C)C2(Br)C=C[C@@](C)(O)C13C[C@H](Br)[C@@](C)(Cl)CC3O2. The van der Waals surface area contributed by atoms with Gasteiger partial charge in [0.15, 0.2) is 0 Å². The first-order valence-corrected chi connectivity index (χ1v) is 9.11. The van der Waals surface area contributed by atoms with Gasteiger partial charge in [-0.15, -0.1) is 11.6 Å². The first kappa shape index (κ1) is 15.8. The molecule has 1 spiro atoms. The standard InChI is InChI=1S/C15H21Br2ClO2/c1-11(2)14-7-9(16)12(3,18)8-10(14)20-15(11,17)6-5-13(14,4)19/h5-6,9-10,19H,7-8H2,1-4H3/t9-,10?,12-,13+,14?,15?/m0/s1. The molecular formula is C15H21Br2ClO2. The van der Waals surface area contributed by atoms with Gasteiger partial charge in [0.05, 0.1) is 16.6 Å². The molecule has 0 aromatic heterocycles. The number of hydrogen-bond donors (Lipinski definition) is 1. The summed E-state index contributed by atoms with van der Waals surface area (Å²) < 4.78 is 5.84. The zero-order valence-corrected chi connectivity index (χ0v) is 16.1. The zero-order valence-electron chi connectivity index (χ0n) is 12.2. The lowest BCUT2D eigenvalue weighted by Crippen LogP contribution is -2.65. The van der Waals surface area contributed by atoms with Crippen LogP contribution in [0.1, 0.15) is 40.5 Å². The number of ether oxygens (including phenoxy) is 1. The van der Waals surface area contributed by atoms with E-state index in [4.69, 9.17) is 16.3 Å². The molecule has 3 unspecified atom stereocenters. The number of aliphatic hydroxyl groups is 1. The lowest BCUT2D eigenvalue weighted by atomic mass is 9.47. The van der Waals surface area contributed by atoms with Crippen molar-refractivity contribution in [3.8, 4) is 0 Å². The summed E-state index contributed by atoms with van der Waals surface area (Å²) in [6.45, 7) is 8.30. The monoisotopic (exact) mass is 426 g/mol. The van der Waals surface area contributed by atoms with Crippen LogP contribution in [0.25, 0.3) is 0 Å². The maximum atomic E-state index is 11.1. The number of rotatable bonds is 0. The third-order valence-electron chi connectivity index (χ3n) is 6.10. The average Bonchev–Trinajstić information content (AvgIpc) is 2.37. The molecule has 5 heteroatoms. The lowest BCUT2D eigenvalue weighted by molar-refractivity contribution is -0.132. The van der Waals surface area contributed by atoms with Crippen molar-refractivity contribution in [2.45, 2.75) is 66.5 Å². The molecule has 1 saturated heterocycles. The first-order chi connectivity index (χ1) is 8.90. The van der Waals surface area contributed by atoms with Crippen molar-refractivity contribution < 1.29 is 9.84 Å². The molecule has 114 valence electrons. The molecule has 2 nitrogen and oxygen atoms in total. The highest BCUT2D eigenvalue weighted by Crippen LogP contribution is 2.73. The van der Waals surface area contributed by atoms with Crippen LogP contribution in [0.2, 0.25) is 0 Å². The molecule has 2 bridgehead atoms. The second kappa shape index (κ2) is 4.05. The molecule has 20 heavy (non-hydrogen) atoms. The highest BCUT2D eigenvalue weighted by atomic mass is 79.9. The van der Waals surface area contributed by atoms with Gasteiger partial charge < -0.3 is 9.84 Å². The normalized spacial score (nSPS) is 60.4. The van der Waals surface area contributed by atoms with Gasteiger partial charge in [0.1, 0.15) is 4.51 Å². The van der Waals surface area contributed by atoms with Crippen LogP contribution in [0.15, 0.2) is 12.2 Å². The van der Waals surface area contributed by atoms with E-state index in [1.54, 1.807) is 0 Å². The number of hydrogen-bond acceptors (Lipinski definition) is 2. The van der Waals surface area contributed by atoms with Crippen LogP contribution in [0.4, 0.5) is 0 Å². The molecule has 1 N–H and O–H groups in total. The Morgan fingerprint density at radius 3 is 2.40 bits per heavy atom. The molecule has 1 saturated carbocycles. The van der Waals surface area contributed by atoms with E-state index >= 15 is 0 Å². The van der Waals surface area contributed by atoms with Crippen LogP contribution in [-0.2, 0) is 4.74 Å². The van der Waals surface area contributed by atoms with E-state index in [-0.39, 0.29) is 26.6 Å². The number of alkyl halides is 3. The fourth-order valence-electron chi connectivity index (χ4n) is 4.58. The van der Waals surface area contributed by atoms with Gasteiger partial charge in [-0.3, -0.25) is 0 Å². The Balaban J connectivity index is 2.21. The van der Waals surface area contributed by atoms with Crippen LogP contribution in [0.5, 0.6) is 0 Å². The van der Waals surface area contributed by atoms with Crippen LogP contribution < -0.4 is 0 Å². The topological polar surface area (TPSA) is 29.5 Å². The minimum atomic E-state index is -0.908. The van der Waals surface area contributed by atoms with Gasteiger partial charge in [0.25, 0.3) is 0 Å². The zero-order chi connectivity index (χ0) is 15.2. The average molecular weight is 429 g/mol. The number of fused-ring (bicyclic) bond motifs is 1. The van der Waals surface area contributed by atoms with Crippen molar-refractivity contribution in [1.82, 2.24) is 0 Å². The van der Waals surface area contributed by atoms with Gasteiger partial charge in [-0.25, -0.2) is 0 Å². The Morgan fingerprint density at radius 2 is 1.80 bits per heavy atom. The third-order valence-corrected chi connectivity index (χ3v) is 9.55. The van der Waals surface area contributed by atoms with Gasteiger partial charge in [0.2, 0.25) is 0 Å². The summed E-state index contributed by atoms with van der Waals surface area (Å²) in [6.07, 6.45) is 5.29. The lowest BCUT2D eigenvalue weighted by Gasteiger charge is -2.59. The Morgan fingerprint density at radius 1 is 1.20 bits per heavy atom. The maximum absolute atomic E-state index is 11.1. The summed E-state index contributed by atoms with van der Waals surface area (Å²) >= 11 is 14.2. The molecular weight excluding hydrogens is 407 g/mol. The van der Waals surface area contributed by atoms with Gasteiger partial charge in [0, 0.05) is 15.7 Å². The summed E-state index contributed by atoms with van der Waals surface area (Å²) in [4.78, 5) is -0.216. The van der Waals surface area contributed by atoms with Crippen molar-refractivity contribution in [2.24, 2.45) is 10.8 Å². The second-order valence-corrected chi connectivity index (χ2v) is 10.6. The molecule has 0 aromatic carbocycles. The predicted molar refractivity (Wildman–Crippen MR) is 88.7 cm³/mol. The quantitative estimate of drug-likeness (QED) is 0.459. The van der Waals surface area contributed by atoms with E-state index in [2.05, 4.69) is 45.7 Å². The van der Waals surface area contributed by atoms with Crippen molar-refractivity contribution in [1.29, 1.82) is 0 Å². The maximum Gasteiger partial charge on any atom is 0.147 e. The summed E-state index contributed by atoms with van der Waals surface area (Å²) in [5.41, 5.74) is -1.50. The van der Waals surface area contributed by atoms with E-state index in [0.29, 0.717) is 0 Å². The van der Waals surface area contributed by atoms with E-state index in [1.807, 2.05) is 26.0 Å². The smallest absolute Gasteiger partial charge is 0.147 e. The summed E-state index contributed by atoms with van der Waals surface area (Å²) in [5, 5.41) is 11.1. The van der Waals surface area contributed by atoms with Crippen LogP contribution in [0.3, 0.4) is 0 Å². The largest absolute Gasteiger partial charge is 0.385 e. The molecule has 3 rings (SSSR count). The minimum absolute atomic E-state index is 0.0711. The first-order valence-electron chi connectivity index (χ1n) is 7.02. The molecule has 2 fully saturated rings. The van der Waals surface area contributed by atoms with Crippen LogP contribution >= 0.6 is 43.5 Å². The van der Waals surface area contributed by atoms with Crippen molar-refractivity contribution in [3.05, 3.63) is 12.2 Å². The third kappa shape index (κ3) is 1.58. The molecule has 0 aromatic rings. The Kier molecular flexibility index (Phi) is 3.20. The molecule has 1 heterocycles. The van der Waals surface area contributed by atoms with Crippen molar-refractivity contribution in [3.63, 3.8) is 0 Å². The van der Waals surface area contributed by atoms with E-state index < -0.39 is 10.1 Å². The fourth-order valence-corrected chi connectivity index (χ4v) is 6.21. The van der Waals surface area contributed by atoms with Gasteiger partial charge in [-0.1, -0.05) is 35.9 Å². The van der Waals surface area contributed by atoms with Crippen LogP contribution in [-0.4, -0.2) is 31.0 Å². The molecule has 0 amide bonds. The Hall–Kier alpha value is 0.910. The molecule has 6 atom stereocenters. The van der Waals surface area contributed by atoms with Gasteiger partial charge in [-0.05, 0) is 48.7 Å². The molecule has 1 aliphatic heterocycles. The number of halogens is 3. The molecule has 3 aliphatic rings. The fraction of sp³-hybridized carbons (Fsp3) is 0.867. The van der Waals surface area contributed by atoms with Gasteiger partial charge >= 0.3 is 0 Å². The van der Waals surface area contributed by atoms with E-state index in [0.717, 1.165) is 12.8 Å². The Bertz CT molecular complexity index is 488. The van der Waals surface area contributed by atoms with E-state index in [1.165, 1.54) is 0 Å². The summed E-state index contributed by atoms with van der Waals surface area (Å²) in [7, 11) is 0. The molecule has 2 aliphatic carbocycles. The highest BCUT2D eigenvalue weighted by molar-refractivity contribution is 9.10. The van der Waals surface area contributed by atoms with E-state index in [9.17, 15) is 5.11 Å². The van der Waals surface area contributed by atoms with Gasteiger partial charge in [-0.2, -0.15) is 0 Å². The Labute approximate surface area is 142 Å². The minimum Gasteiger partial charge on any atom is -0.385 e. The van der Waals surface area contributed by atoms with Crippen LogP contribution in [0, 0.1) is 10.8 Å². The van der Waals surface area contributed by atoms with Crippen molar-refractivity contribution in [2.75, 3.05) is 0 Å². The summed E-state index contributed by atoms with van der Waals surface area (Å²) in [5.74, 6) is 0. The van der Waals surface area contributed by atoms with Crippen molar-refractivity contribution >= 4 is 43.5 Å². The second-order valence-electron chi connectivity index (χ2n) is 7.48. The highest BCUT2D eigenvalue weighted by Gasteiger charge is 2.76.